The smallest absolute Gasteiger partial charge is 0.338 e. The van der Waals surface area contributed by atoms with Gasteiger partial charge in [-0.2, -0.15) is 5.26 Å². The van der Waals surface area contributed by atoms with Gasteiger partial charge in [0.25, 0.3) is 5.91 Å². The zero-order valence-electron chi connectivity index (χ0n) is 16.9. The van der Waals surface area contributed by atoms with Gasteiger partial charge >= 0.3 is 5.97 Å². The molecule has 0 N–H and O–H groups in total. The van der Waals surface area contributed by atoms with Crippen molar-refractivity contribution in [3.63, 3.8) is 0 Å². The van der Waals surface area contributed by atoms with Gasteiger partial charge < -0.3 is 9.64 Å². The second kappa shape index (κ2) is 10.3. The molecule has 0 aliphatic carbocycles. The van der Waals surface area contributed by atoms with Crippen molar-refractivity contribution < 1.29 is 18.7 Å². The first-order chi connectivity index (χ1) is 15.3. The van der Waals surface area contributed by atoms with E-state index in [4.69, 9.17) is 33.2 Å². The van der Waals surface area contributed by atoms with Gasteiger partial charge in [-0.1, -0.05) is 29.3 Å². The van der Waals surface area contributed by atoms with Gasteiger partial charge in [0.05, 0.1) is 35.9 Å². The second-order valence-electron chi connectivity index (χ2n) is 6.70. The molecule has 3 aromatic rings. The summed E-state index contributed by atoms with van der Waals surface area (Å²) in [4.78, 5) is 26.6. The minimum absolute atomic E-state index is 0.0209. The van der Waals surface area contributed by atoms with E-state index >= 15 is 0 Å². The number of carbonyl (C=O) groups excluding carboxylic acids is 2. The van der Waals surface area contributed by atoms with Gasteiger partial charge in [-0.15, -0.1) is 0 Å². The van der Waals surface area contributed by atoms with Crippen molar-refractivity contribution in [2.24, 2.45) is 0 Å². The molecule has 0 heterocycles. The standard InChI is InChI=1S/C24H17Cl2FN2O3/c1-2-32-24(31)16-5-8-19(9-6-16)29(14-17-4-7-18(25)12-21(17)26)23(30)20-10-3-15(13-28)11-22(20)27/h3-12H,2,14H2,1H3. The van der Waals surface area contributed by atoms with Crippen LogP contribution in [0.1, 0.15) is 38.8 Å². The van der Waals surface area contributed by atoms with E-state index in [2.05, 4.69) is 0 Å². The summed E-state index contributed by atoms with van der Waals surface area (Å²) in [6.07, 6.45) is 0. The van der Waals surface area contributed by atoms with Crippen molar-refractivity contribution in [3.05, 3.63) is 98.8 Å². The lowest BCUT2D eigenvalue weighted by Gasteiger charge is -2.24. The largest absolute Gasteiger partial charge is 0.462 e. The fourth-order valence-electron chi connectivity index (χ4n) is 3.00. The lowest BCUT2D eigenvalue weighted by atomic mass is 10.1. The number of anilines is 1. The van der Waals surface area contributed by atoms with E-state index in [1.54, 1.807) is 37.3 Å². The predicted molar refractivity (Wildman–Crippen MR) is 120 cm³/mol. The van der Waals surface area contributed by atoms with Crippen molar-refractivity contribution in [1.82, 2.24) is 0 Å². The Balaban J connectivity index is 2.02. The number of ether oxygens (including phenoxy) is 1. The molecule has 0 spiro atoms. The third kappa shape index (κ3) is 5.25. The van der Waals surface area contributed by atoms with Gasteiger partial charge in [0.2, 0.25) is 0 Å². The Morgan fingerprint density at radius 2 is 1.78 bits per heavy atom. The van der Waals surface area contributed by atoms with Crippen molar-refractivity contribution >= 4 is 40.8 Å². The first-order valence-electron chi connectivity index (χ1n) is 9.56. The summed E-state index contributed by atoms with van der Waals surface area (Å²) >= 11 is 12.3. The number of amides is 1. The maximum Gasteiger partial charge on any atom is 0.338 e. The summed E-state index contributed by atoms with van der Waals surface area (Å²) in [5, 5.41) is 9.74. The quantitative estimate of drug-likeness (QED) is 0.412. The van der Waals surface area contributed by atoms with Crippen LogP contribution in [0.4, 0.5) is 10.1 Å². The third-order valence-corrected chi connectivity index (χ3v) is 5.19. The highest BCUT2D eigenvalue weighted by molar-refractivity contribution is 6.35. The van der Waals surface area contributed by atoms with E-state index < -0.39 is 17.7 Å². The molecular weight excluding hydrogens is 454 g/mol. The number of halogens is 3. The van der Waals surface area contributed by atoms with Gasteiger partial charge in [-0.25, -0.2) is 9.18 Å². The molecule has 8 heteroatoms. The highest BCUT2D eigenvalue weighted by atomic mass is 35.5. The molecule has 0 saturated heterocycles. The maximum atomic E-state index is 14.6. The fraction of sp³-hybridized carbons (Fsp3) is 0.125. The molecular formula is C24H17Cl2FN2O3. The first-order valence-corrected chi connectivity index (χ1v) is 10.3. The third-order valence-electron chi connectivity index (χ3n) is 4.61. The van der Waals surface area contributed by atoms with Crippen LogP contribution in [0.3, 0.4) is 0 Å². The summed E-state index contributed by atoms with van der Waals surface area (Å²) in [5.41, 5.74) is 1.22. The molecule has 0 aliphatic rings. The van der Waals surface area contributed by atoms with E-state index in [0.29, 0.717) is 26.9 Å². The molecule has 1 amide bonds. The zero-order chi connectivity index (χ0) is 23.3. The van der Waals surface area contributed by atoms with E-state index in [1.165, 1.54) is 29.2 Å². The molecule has 3 rings (SSSR count). The monoisotopic (exact) mass is 470 g/mol. The molecule has 0 atom stereocenters. The highest BCUT2D eigenvalue weighted by Gasteiger charge is 2.23. The minimum Gasteiger partial charge on any atom is -0.462 e. The molecule has 0 fully saturated rings. The average molecular weight is 471 g/mol. The van der Waals surface area contributed by atoms with Gasteiger partial charge in [-0.3, -0.25) is 4.79 Å². The number of nitriles is 1. The van der Waals surface area contributed by atoms with Crippen molar-refractivity contribution in [2.75, 3.05) is 11.5 Å². The Morgan fingerprint density at radius 3 is 2.38 bits per heavy atom. The van der Waals surface area contributed by atoms with Crippen molar-refractivity contribution in [1.29, 1.82) is 5.26 Å². The SMILES string of the molecule is CCOC(=O)c1ccc(N(Cc2ccc(Cl)cc2Cl)C(=O)c2ccc(C#N)cc2F)cc1. The predicted octanol–water partition coefficient (Wildman–Crippen LogP) is 6.03. The summed E-state index contributed by atoms with van der Waals surface area (Å²) in [6.45, 7) is 1.96. The van der Waals surface area contributed by atoms with Crippen LogP contribution in [-0.4, -0.2) is 18.5 Å². The topological polar surface area (TPSA) is 70.4 Å². The van der Waals surface area contributed by atoms with Crippen molar-refractivity contribution in [3.8, 4) is 6.07 Å². The zero-order valence-corrected chi connectivity index (χ0v) is 18.5. The Morgan fingerprint density at radius 1 is 1.06 bits per heavy atom. The maximum absolute atomic E-state index is 14.6. The highest BCUT2D eigenvalue weighted by Crippen LogP contribution is 2.27. The van der Waals surface area contributed by atoms with Crippen LogP contribution in [0, 0.1) is 17.1 Å². The van der Waals surface area contributed by atoms with Crippen LogP contribution >= 0.6 is 23.2 Å². The number of carbonyl (C=O) groups is 2. The minimum atomic E-state index is -0.815. The van der Waals surface area contributed by atoms with E-state index in [1.807, 2.05) is 6.07 Å². The van der Waals surface area contributed by atoms with Crippen LogP contribution in [-0.2, 0) is 11.3 Å². The molecule has 0 aromatic heterocycles. The molecule has 0 radical (unpaired) electrons. The second-order valence-corrected chi connectivity index (χ2v) is 7.54. The number of hydrogen-bond donors (Lipinski definition) is 0. The molecule has 162 valence electrons. The van der Waals surface area contributed by atoms with Crippen LogP contribution in [0.25, 0.3) is 0 Å². The van der Waals surface area contributed by atoms with Crippen molar-refractivity contribution in [2.45, 2.75) is 13.5 Å². The van der Waals surface area contributed by atoms with Gasteiger partial charge in [-0.05, 0) is 67.1 Å². The van der Waals surface area contributed by atoms with E-state index in [-0.39, 0.29) is 24.3 Å². The van der Waals surface area contributed by atoms with Gasteiger partial charge in [0, 0.05) is 15.7 Å². The molecule has 0 bridgehead atoms. The van der Waals surface area contributed by atoms with Crippen LogP contribution in [0.5, 0.6) is 0 Å². The Bertz CT molecular complexity index is 1210. The average Bonchev–Trinajstić information content (AvgIpc) is 2.78. The summed E-state index contributed by atoms with van der Waals surface area (Å²) in [7, 11) is 0. The van der Waals surface area contributed by atoms with E-state index in [0.717, 1.165) is 6.07 Å². The molecule has 0 aliphatic heterocycles. The normalized spacial score (nSPS) is 10.3. The first kappa shape index (κ1) is 23.3. The Kier molecular flexibility index (Phi) is 7.47. The van der Waals surface area contributed by atoms with Crippen LogP contribution in [0.2, 0.25) is 10.0 Å². The number of esters is 1. The molecule has 3 aromatic carbocycles. The number of hydrogen-bond acceptors (Lipinski definition) is 4. The Labute approximate surface area is 194 Å². The Hall–Kier alpha value is -3.40. The molecule has 32 heavy (non-hydrogen) atoms. The number of benzene rings is 3. The molecule has 5 nitrogen and oxygen atoms in total. The van der Waals surface area contributed by atoms with Crippen LogP contribution < -0.4 is 4.90 Å². The summed E-state index contributed by atoms with van der Waals surface area (Å²) in [6, 6.07) is 16.5. The van der Waals surface area contributed by atoms with Gasteiger partial charge in [0.15, 0.2) is 0 Å². The number of rotatable bonds is 6. The number of nitrogens with zero attached hydrogens (tertiary/aromatic N) is 2. The van der Waals surface area contributed by atoms with Gasteiger partial charge in [0.1, 0.15) is 5.82 Å². The fourth-order valence-corrected chi connectivity index (χ4v) is 3.46. The van der Waals surface area contributed by atoms with Crippen LogP contribution in [0.15, 0.2) is 60.7 Å². The summed E-state index contributed by atoms with van der Waals surface area (Å²) in [5.74, 6) is -1.94. The molecule has 0 saturated carbocycles. The summed E-state index contributed by atoms with van der Waals surface area (Å²) < 4.78 is 19.6. The lowest BCUT2D eigenvalue weighted by Crippen LogP contribution is -2.31. The lowest BCUT2D eigenvalue weighted by molar-refractivity contribution is 0.0526. The molecule has 0 unspecified atom stereocenters. The van der Waals surface area contributed by atoms with E-state index in [9.17, 15) is 14.0 Å².